The number of hydrogen-bond acceptors (Lipinski definition) is 13. The molecule has 3 saturated heterocycles. The molecule has 9 heterocycles. The van der Waals surface area contributed by atoms with Crippen LogP contribution in [0.4, 0.5) is 0 Å². The largest absolute Gasteiger partial charge is 0.496 e. The van der Waals surface area contributed by atoms with E-state index in [4.69, 9.17) is 34.2 Å². The van der Waals surface area contributed by atoms with Gasteiger partial charge in [-0.2, -0.15) is 15.3 Å². The lowest BCUT2D eigenvalue weighted by molar-refractivity contribution is -0.128. The van der Waals surface area contributed by atoms with Crippen molar-refractivity contribution in [3.05, 3.63) is 250 Å². The van der Waals surface area contributed by atoms with E-state index in [1.807, 2.05) is 192 Å². The number of pyridine rings is 3. The molecule has 0 bridgehead atoms. The predicted octanol–water partition coefficient (Wildman–Crippen LogP) is 16.7. The number of benzene rings is 6. The number of para-hydroxylation sites is 1. The molecule has 0 saturated carbocycles. The fraction of sp³-hybridized carbons (Fsp3) is 0.241. The van der Waals surface area contributed by atoms with Gasteiger partial charge in [-0.25, -0.2) is 0 Å². The molecule has 0 radical (unpaired) electrons. The van der Waals surface area contributed by atoms with Gasteiger partial charge in [0, 0.05) is 121 Å². The predicted molar refractivity (Wildman–Crippen MR) is 399 cm³/mol. The molecule has 3 aliphatic rings. The summed E-state index contributed by atoms with van der Waals surface area (Å²) in [6.07, 6.45) is 21.0. The van der Waals surface area contributed by atoms with Crippen LogP contribution in [0.5, 0.6) is 40.2 Å². The summed E-state index contributed by atoms with van der Waals surface area (Å²) in [5.74, 6) is 5.82. The van der Waals surface area contributed by atoms with Gasteiger partial charge in [0.25, 0.3) is 0 Å². The highest BCUT2D eigenvalue weighted by molar-refractivity contribution is 5.95. The number of fused-ring (bicyclic) bond motifs is 3. The molecule has 0 aliphatic carbocycles. The number of rotatable bonds is 17. The highest BCUT2D eigenvalue weighted by atomic mass is 16.5. The second kappa shape index (κ2) is 31.5. The van der Waals surface area contributed by atoms with Gasteiger partial charge in [-0.15, -0.1) is 0 Å². The van der Waals surface area contributed by atoms with Crippen LogP contribution in [-0.4, -0.2) is 123 Å². The number of aromatic nitrogens is 9. The van der Waals surface area contributed by atoms with Gasteiger partial charge in [0.1, 0.15) is 57.3 Å². The lowest BCUT2D eigenvalue weighted by atomic mass is 9.98. The quantitative estimate of drug-likeness (QED) is 0.0784. The third kappa shape index (κ3) is 15.3. The SMILES string of the molecule is C=CC(=O)N1CCCC(Cn2nc(-c3ccc(Oc4ccccc4)cc3)c3cnccc32)C1.C=CC(=O)N1CCC[C@@H](n2nc(-c3ccc(Oc4cccc(C)c4C)cc3)c3cnccc32)C1.C=CC(=O)N1CCC[C@@H](n2nc(-c3ccc(Oc4cccc(OC)c4C)cc3)c3cnccc32)C1. The molecule has 19 heteroatoms. The number of ether oxygens (including phenoxy) is 4. The zero-order valence-electron chi connectivity index (χ0n) is 58.0. The number of nitrogens with zero attached hydrogens (tertiary/aromatic N) is 12. The zero-order chi connectivity index (χ0) is 70.6. The number of likely N-dealkylation sites (tertiary alicyclic amines) is 3. The van der Waals surface area contributed by atoms with Crippen LogP contribution in [0.3, 0.4) is 0 Å². The minimum absolute atomic E-state index is 0.00715. The first-order valence-electron chi connectivity index (χ1n) is 34.6. The monoisotopic (exact) mass is 1360 g/mol. The van der Waals surface area contributed by atoms with Crippen molar-refractivity contribution in [2.24, 2.45) is 5.92 Å². The third-order valence-corrected chi connectivity index (χ3v) is 19.3. The molecular weight excluding hydrogens is 1280 g/mol. The van der Waals surface area contributed by atoms with Crippen LogP contribution in [0.1, 0.15) is 67.3 Å². The number of hydrogen-bond donors (Lipinski definition) is 0. The van der Waals surface area contributed by atoms with Crippen LogP contribution in [0.2, 0.25) is 0 Å². The van der Waals surface area contributed by atoms with Crippen LogP contribution < -0.4 is 18.9 Å². The van der Waals surface area contributed by atoms with Crippen molar-refractivity contribution in [2.45, 2.75) is 77.9 Å². The third-order valence-electron chi connectivity index (χ3n) is 19.3. The van der Waals surface area contributed by atoms with E-state index in [0.717, 1.165) is 189 Å². The van der Waals surface area contributed by atoms with Crippen molar-refractivity contribution < 1.29 is 33.3 Å². The Labute approximate surface area is 593 Å². The van der Waals surface area contributed by atoms with Gasteiger partial charge in [-0.3, -0.25) is 43.4 Å². The number of carbonyl (C=O) groups excluding carboxylic acids is 3. The van der Waals surface area contributed by atoms with Crippen LogP contribution >= 0.6 is 0 Å². The van der Waals surface area contributed by atoms with Crippen LogP contribution in [0.25, 0.3) is 66.5 Å². The van der Waals surface area contributed by atoms with Crippen LogP contribution in [0.15, 0.2) is 233 Å². The highest BCUT2D eigenvalue weighted by Gasteiger charge is 2.30. The standard InChI is InChI=1S/C28H28N4O3.C28H28N4O2.C27H26N4O2/c1-4-27(33)31-16-6-7-21(18-31)32-24-14-15-29-17-23(24)28(30-32)20-10-12-22(13-11-20)35-26-9-5-8-25(34-3)19(26)2;1-4-27(33)31-16-6-8-22(18-31)32-25-14-15-29-17-24(25)28(30-32)21-10-12-23(13-11-21)34-26-9-5-7-19(2)20(26)3;1-2-26(32)30-16-6-7-20(18-30)19-31-25-14-15-28-17-24(25)27(29-31)21-10-12-23(13-11-21)33-22-8-4-3-5-9-22/h4-5,8-15,17,21H,1,6-7,16,18H2,2-3H3;4-5,7,9-15,17,22H,1,6,8,16,18H2,2-3H3;2-5,8-15,17,20H,1,6-7,16,18-19H2/t21-;22-;/m11./s1. The zero-order valence-corrected chi connectivity index (χ0v) is 58.0. The Balaban J connectivity index is 0.000000137. The molecule has 19 nitrogen and oxygen atoms in total. The molecule has 0 N–H and O–H groups in total. The van der Waals surface area contributed by atoms with Crippen molar-refractivity contribution in [1.82, 2.24) is 59.0 Å². The number of carbonyl (C=O) groups is 3. The molecule has 15 rings (SSSR count). The smallest absolute Gasteiger partial charge is 0.246 e. The Morgan fingerprint density at radius 3 is 1.34 bits per heavy atom. The maximum atomic E-state index is 12.2. The molecule has 3 aliphatic heterocycles. The summed E-state index contributed by atoms with van der Waals surface area (Å²) in [5, 5.41) is 18.0. The topological polar surface area (TPSA) is 190 Å². The van der Waals surface area contributed by atoms with Gasteiger partial charge in [-0.1, -0.05) is 56.1 Å². The Hall–Kier alpha value is -12.0. The van der Waals surface area contributed by atoms with Gasteiger partial charge in [0.2, 0.25) is 17.7 Å². The summed E-state index contributed by atoms with van der Waals surface area (Å²) in [7, 11) is 1.65. The van der Waals surface area contributed by atoms with Crippen molar-refractivity contribution in [2.75, 3.05) is 46.4 Å². The Morgan fingerprint density at radius 2 is 0.853 bits per heavy atom. The fourth-order valence-corrected chi connectivity index (χ4v) is 13.8. The molecule has 12 aromatic rings. The van der Waals surface area contributed by atoms with E-state index in [9.17, 15) is 14.4 Å². The molecule has 6 aromatic carbocycles. The number of aryl methyl sites for hydroxylation is 1. The number of amides is 3. The van der Waals surface area contributed by atoms with Crippen molar-refractivity contribution in [3.8, 4) is 74.0 Å². The summed E-state index contributed by atoms with van der Waals surface area (Å²) in [4.78, 5) is 55.1. The maximum absolute atomic E-state index is 12.2. The molecule has 102 heavy (non-hydrogen) atoms. The van der Waals surface area contributed by atoms with Gasteiger partial charge in [0.15, 0.2) is 0 Å². The van der Waals surface area contributed by atoms with Crippen molar-refractivity contribution >= 4 is 50.4 Å². The molecule has 0 spiro atoms. The summed E-state index contributed by atoms with van der Waals surface area (Å²) >= 11 is 0. The molecule has 1 unspecified atom stereocenters. The molecule has 3 atom stereocenters. The van der Waals surface area contributed by atoms with Crippen molar-refractivity contribution in [1.29, 1.82) is 0 Å². The van der Waals surface area contributed by atoms with Gasteiger partial charge in [0.05, 0.1) is 35.7 Å². The Morgan fingerprint density at radius 1 is 0.441 bits per heavy atom. The van der Waals surface area contributed by atoms with E-state index < -0.39 is 0 Å². The number of piperidine rings is 3. The fourth-order valence-electron chi connectivity index (χ4n) is 13.8. The minimum atomic E-state index is -0.0325. The minimum Gasteiger partial charge on any atom is -0.496 e. The Bertz CT molecular complexity index is 4990. The van der Waals surface area contributed by atoms with Crippen molar-refractivity contribution in [3.63, 3.8) is 0 Å². The van der Waals surface area contributed by atoms with Gasteiger partial charge >= 0.3 is 0 Å². The number of methoxy groups -OCH3 is 1. The second-order valence-corrected chi connectivity index (χ2v) is 25.8. The lowest BCUT2D eigenvalue weighted by Gasteiger charge is -2.32. The van der Waals surface area contributed by atoms with E-state index >= 15 is 0 Å². The van der Waals surface area contributed by atoms with Crippen LogP contribution in [0, 0.1) is 26.7 Å². The van der Waals surface area contributed by atoms with Gasteiger partial charge in [-0.05, 0) is 216 Å². The molecule has 516 valence electrons. The van der Waals surface area contributed by atoms with E-state index in [0.29, 0.717) is 19.0 Å². The summed E-state index contributed by atoms with van der Waals surface area (Å²) < 4.78 is 29.7. The molecule has 6 aromatic heterocycles. The molecule has 3 fully saturated rings. The van der Waals surface area contributed by atoms with E-state index in [1.54, 1.807) is 25.7 Å². The maximum Gasteiger partial charge on any atom is 0.246 e. The Kier molecular flexibility index (Phi) is 21.1. The lowest BCUT2D eigenvalue weighted by Crippen LogP contribution is -2.40. The van der Waals surface area contributed by atoms with E-state index in [2.05, 4.69) is 68.6 Å². The van der Waals surface area contributed by atoms with Gasteiger partial charge < -0.3 is 33.6 Å². The summed E-state index contributed by atoms with van der Waals surface area (Å²) in [5.41, 5.74) is 12.0. The first-order chi connectivity index (χ1) is 49.8. The van der Waals surface area contributed by atoms with E-state index in [-0.39, 0.29) is 29.8 Å². The normalized spacial score (nSPS) is 15.9. The first kappa shape index (κ1) is 68.5. The average Bonchev–Trinajstić information content (AvgIpc) is 1.63. The highest BCUT2D eigenvalue weighted by Crippen LogP contribution is 2.39. The van der Waals surface area contributed by atoms with E-state index in [1.165, 1.54) is 23.8 Å². The molecular formula is C83H82N12O7. The second-order valence-electron chi connectivity index (χ2n) is 25.8. The molecule has 3 amide bonds. The average molecular weight is 1360 g/mol. The summed E-state index contributed by atoms with van der Waals surface area (Å²) in [6.45, 7) is 22.1. The van der Waals surface area contributed by atoms with Crippen LogP contribution in [-0.2, 0) is 20.9 Å². The first-order valence-corrected chi connectivity index (χ1v) is 34.6. The summed E-state index contributed by atoms with van der Waals surface area (Å²) in [6, 6.07) is 51.7.